The number of piperazine rings is 1. The molecular weight excluding hydrogens is 445 g/mol. The second kappa shape index (κ2) is 8.41. The van der Waals surface area contributed by atoms with Gasteiger partial charge in [0.2, 0.25) is 5.95 Å². The number of hydrogen-bond donors (Lipinski definition) is 2. The van der Waals surface area contributed by atoms with Crippen LogP contribution in [0.4, 0.5) is 27.5 Å². The highest BCUT2D eigenvalue weighted by atomic mass is 32.2. The van der Waals surface area contributed by atoms with Gasteiger partial charge < -0.3 is 15.5 Å². The first-order chi connectivity index (χ1) is 16.0. The Morgan fingerprint density at radius 3 is 2.79 bits per heavy atom. The molecule has 4 heterocycles. The third-order valence-corrected chi connectivity index (χ3v) is 7.31. The van der Waals surface area contributed by atoms with Crippen LogP contribution < -0.4 is 19.8 Å². The van der Waals surface area contributed by atoms with Gasteiger partial charge in [0.05, 0.1) is 18.4 Å². The molecule has 0 amide bonds. The number of aromatic nitrogens is 3. The molecule has 5 rings (SSSR count). The molecule has 0 aliphatic carbocycles. The second-order valence-corrected chi connectivity index (χ2v) is 9.46. The average Bonchev–Trinajstić information content (AvgIpc) is 2.82. The second-order valence-electron chi connectivity index (χ2n) is 7.63. The lowest BCUT2D eigenvalue weighted by Crippen LogP contribution is -2.43. The minimum Gasteiger partial charge on any atom is -0.367 e. The lowest BCUT2D eigenvalue weighted by atomic mass is 10.1. The first-order valence-electron chi connectivity index (χ1n) is 10.5. The van der Waals surface area contributed by atoms with Crippen molar-refractivity contribution in [3.8, 4) is 11.3 Å². The Hall–Kier alpha value is -3.57. The number of pyridine rings is 1. The maximum absolute atomic E-state index is 14.8. The first-order valence-corrected chi connectivity index (χ1v) is 11.9. The summed E-state index contributed by atoms with van der Waals surface area (Å²) in [6.07, 6.45) is 4.28. The molecule has 0 bridgehead atoms. The van der Waals surface area contributed by atoms with Crippen LogP contribution in [0.2, 0.25) is 0 Å². The molecule has 170 valence electrons. The summed E-state index contributed by atoms with van der Waals surface area (Å²) in [6, 6.07) is 8.33. The van der Waals surface area contributed by atoms with Crippen LogP contribution in [0.15, 0.2) is 60.3 Å². The average molecular weight is 468 g/mol. The maximum atomic E-state index is 14.8. The number of sulfonamides is 1. The topological polar surface area (TPSA) is 103 Å². The highest BCUT2D eigenvalue weighted by Gasteiger charge is 2.37. The molecule has 0 unspecified atom stereocenters. The van der Waals surface area contributed by atoms with Crippen LogP contribution in [-0.2, 0) is 10.0 Å². The van der Waals surface area contributed by atoms with Crippen LogP contribution in [0.25, 0.3) is 11.3 Å². The molecule has 1 saturated heterocycles. The molecule has 2 aromatic heterocycles. The molecule has 2 aliphatic rings. The van der Waals surface area contributed by atoms with Gasteiger partial charge in [0.25, 0.3) is 10.0 Å². The predicted octanol–water partition coefficient (Wildman–Crippen LogP) is 2.53. The highest BCUT2D eigenvalue weighted by Crippen LogP contribution is 2.40. The molecule has 11 heteroatoms. The normalized spacial score (nSPS) is 16.6. The summed E-state index contributed by atoms with van der Waals surface area (Å²) in [7, 11) is -3.90. The number of nitrogens with zero attached hydrogens (tertiary/aromatic N) is 5. The van der Waals surface area contributed by atoms with E-state index in [0.29, 0.717) is 16.9 Å². The number of fused-ring (bicyclic) bond motifs is 3. The summed E-state index contributed by atoms with van der Waals surface area (Å²) >= 11 is 0. The van der Waals surface area contributed by atoms with Gasteiger partial charge in [-0.1, -0.05) is 6.08 Å². The van der Waals surface area contributed by atoms with Crippen molar-refractivity contribution in [2.75, 3.05) is 47.2 Å². The summed E-state index contributed by atoms with van der Waals surface area (Å²) in [6.45, 7) is 6.81. The van der Waals surface area contributed by atoms with E-state index in [-0.39, 0.29) is 34.7 Å². The maximum Gasteiger partial charge on any atom is 0.269 e. The van der Waals surface area contributed by atoms with Crippen LogP contribution >= 0.6 is 0 Å². The van der Waals surface area contributed by atoms with Gasteiger partial charge in [-0.2, -0.15) is 0 Å². The van der Waals surface area contributed by atoms with Crippen molar-refractivity contribution in [2.24, 2.45) is 0 Å². The SMILES string of the molecule is C=CCN1c2ncccc2-c2nc(Nc3ccc(N4CCNCC4)c(F)c3)ncc2S1(=O)=O. The molecule has 2 N–H and O–H groups in total. The molecule has 0 spiro atoms. The predicted molar refractivity (Wildman–Crippen MR) is 125 cm³/mol. The molecule has 2 aliphatic heterocycles. The highest BCUT2D eigenvalue weighted by molar-refractivity contribution is 7.93. The summed E-state index contributed by atoms with van der Waals surface area (Å²) in [4.78, 5) is 14.9. The Bertz CT molecular complexity index is 1330. The van der Waals surface area contributed by atoms with Crippen LogP contribution in [-0.4, -0.2) is 56.1 Å². The standard InChI is InChI=1S/C22H22FN7O2S/c1-2-10-30-21-16(4-3-7-25-21)20-19(33(30,31)32)14-26-22(28-20)27-15-5-6-18(17(23)13-15)29-11-8-24-9-12-29/h2-7,13-14,24H,1,8-12H2,(H,26,27,28). The minimum absolute atomic E-state index is 0.0179. The summed E-state index contributed by atoms with van der Waals surface area (Å²) in [5.74, 6) is 0.0864. The molecule has 3 aromatic rings. The molecule has 0 atom stereocenters. The van der Waals surface area contributed by atoms with Crippen molar-refractivity contribution in [1.29, 1.82) is 0 Å². The fourth-order valence-corrected chi connectivity index (χ4v) is 5.50. The van der Waals surface area contributed by atoms with Gasteiger partial charge in [-0.25, -0.2) is 32.1 Å². The quantitative estimate of drug-likeness (QED) is 0.552. The van der Waals surface area contributed by atoms with E-state index in [1.807, 2.05) is 4.90 Å². The van der Waals surface area contributed by atoms with E-state index in [1.54, 1.807) is 24.3 Å². The number of halogens is 1. The largest absolute Gasteiger partial charge is 0.367 e. The van der Waals surface area contributed by atoms with Crippen molar-refractivity contribution in [1.82, 2.24) is 20.3 Å². The van der Waals surface area contributed by atoms with E-state index >= 15 is 0 Å². The molecule has 0 radical (unpaired) electrons. The fourth-order valence-electron chi connectivity index (χ4n) is 4.00. The van der Waals surface area contributed by atoms with Gasteiger partial charge in [-0.05, 0) is 30.3 Å². The molecule has 1 aromatic carbocycles. The van der Waals surface area contributed by atoms with E-state index in [1.165, 1.54) is 28.8 Å². The Labute approximate surface area is 191 Å². The third-order valence-electron chi connectivity index (χ3n) is 5.56. The van der Waals surface area contributed by atoms with Crippen molar-refractivity contribution in [2.45, 2.75) is 4.90 Å². The zero-order valence-corrected chi connectivity index (χ0v) is 18.5. The number of rotatable bonds is 5. The fraction of sp³-hybridized carbons (Fsp3) is 0.227. The van der Waals surface area contributed by atoms with Gasteiger partial charge in [0, 0.05) is 43.6 Å². The lowest BCUT2D eigenvalue weighted by molar-refractivity contribution is 0.566. The van der Waals surface area contributed by atoms with Crippen molar-refractivity contribution in [3.05, 3.63) is 61.2 Å². The van der Waals surface area contributed by atoms with Crippen LogP contribution in [0.1, 0.15) is 0 Å². The Kier molecular flexibility index (Phi) is 5.43. The zero-order chi connectivity index (χ0) is 23.0. The number of anilines is 4. The molecule has 0 saturated carbocycles. The summed E-state index contributed by atoms with van der Waals surface area (Å²) < 4.78 is 42.2. The zero-order valence-electron chi connectivity index (χ0n) is 17.7. The minimum atomic E-state index is -3.90. The van der Waals surface area contributed by atoms with E-state index in [0.717, 1.165) is 26.2 Å². The summed E-state index contributed by atoms with van der Waals surface area (Å²) in [5, 5.41) is 6.23. The number of benzene rings is 1. The molecule has 33 heavy (non-hydrogen) atoms. The number of hydrogen-bond acceptors (Lipinski definition) is 8. The molecular formula is C22H22FN7O2S. The third kappa shape index (κ3) is 3.79. The Morgan fingerprint density at radius 2 is 2.03 bits per heavy atom. The van der Waals surface area contributed by atoms with Gasteiger partial charge in [0.15, 0.2) is 5.82 Å². The van der Waals surface area contributed by atoms with Crippen molar-refractivity contribution < 1.29 is 12.8 Å². The van der Waals surface area contributed by atoms with Gasteiger partial charge >= 0.3 is 0 Å². The lowest BCUT2D eigenvalue weighted by Gasteiger charge is -2.30. The van der Waals surface area contributed by atoms with Crippen LogP contribution in [0.3, 0.4) is 0 Å². The van der Waals surface area contributed by atoms with E-state index in [9.17, 15) is 12.8 Å². The van der Waals surface area contributed by atoms with Crippen molar-refractivity contribution in [3.63, 3.8) is 0 Å². The Balaban J connectivity index is 1.48. The van der Waals surface area contributed by atoms with Gasteiger partial charge in [-0.3, -0.25) is 0 Å². The van der Waals surface area contributed by atoms with Gasteiger partial charge in [0.1, 0.15) is 16.4 Å². The van der Waals surface area contributed by atoms with Crippen LogP contribution in [0.5, 0.6) is 0 Å². The van der Waals surface area contributed by atoms with E-state index in [2.05, 4.69) is 32.2 Å². The first kappa shape index (κ1) is 21.3. The summed E-state index contributed by atoms with van der Waals surface area (Å²) in [5.41, 5.74) is 1.81. The van der Waals surface area contributed by atoms with Gasteiger partial charge in [-0.15, -0.1) is 6.58 Å². The van der Waals surface area contributed by atoms with E-state index in [4.69, 9.17) is 0 Å². The Morgan fingerprint density at radius 1 is 1.21 bits per heavy atom. The van der Waals surface area contributed by atoms with Crippen molar-refractivity contribution >= 4 is 33.2 Å². The monoisotopic (exact) mass is 467 g/mol. The molecule has 1 fully saturated rings. The molecule has 9 nitrogen and oxygen atoms in total. The van der Waals surface area contributed by atoms with Crippen LogP contribution in [0, 0.1) is 5.82 Å². The number of nitrogens with one attached hydrogen (secondary N) is 2. The smallest absolute Gasteiger partial charge is 0.269 e. The van der Waals surface area contributed by atoms with E-state index < -0.39 is 10.0 Å².